The topological polar surface area (TPSA) is 85.6 Å². The molecule has 23 heavy (non-hydrogen) atoms. The Morgan fingerprint density at radius 3 is 2.61 bits per heavy atom. The zero-order valence-electron chi connectivity index (χ0n) is 12.4. The maximum Gasteiger partial charge on any atom is 0.328 e. The smallest absolute Gasteiger partial charge is 0.294 e. The lowest BCUT2D eigenvalue weighted by Crippen LogP contribution is -2.31. The molecule has 0 aliphatic carbocycles. The first-order valence-electron chi connectivity index (χ1n) is 6.95. The fourth-order valence-corrected chi connectivity index (χ4v) is 2.30. The number of aryl methyl sites for hydroxylation is 1. The maximum atomic E-state index is 11.8. The Kier molecular flexibility index (Phi) is 4.12. The normalized spacial score (nSPS) is 10.9. The Labute approximate surface area is 136 Å². The molecule has 0 aliphatic rings. The summed E-state index contributed by atoms with van der Waals surface area (Å²) in [5, 5.41) is 8.78. The number of nitrogens with zero attached hydrogens (tertiary/aromatic N) is 4. The van der Waals surface area contributed by atoms with E-state index < -0.39 is 5.69 Å². The highest BCUT2D eigenvalue weighted by Crippen LogP contribution is 2.10. The molecule has 1 N–H and O–H groups in total. The van der Waals surface area contributed by atoms with Gasteiger partial charge in [0.25, 0.3) is 5.56 Å². The van der Waals surface area contributed by atoms with Gasteiger partial charge in [-0.3, -0.25) is 14.3 Å². The van der Waals surface area contributed by atoms with Crippen LogP contribution in [0.2, 0.25) is 5.02 Å². The molecule has 0 amide bonds. The van der Waals surface area contributed by atoms with Crippen molar-refractivity contribution in [3.8, 4) is 0 Å². The predicted molar refractivity (Wildman–Crippen MR) is 85.7 cm³/mol. The van der Waals surface area contributed by atoms with Crippen molar-refractivity contribution in [1.29, 1.82) is 0 Å². The van der Waals surface area contributed by atoms with Crippen molar-refractivity contribution in [3.05, 3.63) is 79.3 Å². The number of hydrogen-bond donors (Lipinski definition) is 1. The summed E-state index contributed by atoms with van der Waals surface area (Å²) in [5.74, 6) is 0. The highest BCUT2D eigenvalue weighted by Gasteiger charge is 2.06. The van der Waals surface area contributed by atoms with Gasteiger partial charge < -0.3 is 0 Å². The van der Waals surface area contributed by atoms with Crippen LogP contribution in [0.1, 0.15) is 16.8 Å². The van der Waals surface area contributed by atoms with Crippen LogP contribution in [0.5, 0.6) is 0 Å². The highest BCUT2D eigenvalue weighted by molar-refractivity contribution is 6.30. The van der Waals surface area contributed by atoms with Crippen LogP contribution in [0, 0.1) is 6.92 Å². The van der Waals surface area contributed by atoms with Gasteiger partial charge in [-0.25, -0.2) is 9.48 Å². The zero-order valence-corrected chi connectivity index (χ0v) is 13.1. The van der Waals surface area contributed by atoms with Gasteiger partial charge >= 0.3 is 5.69 Å². The Bertz CT molecular complexity index is 939. The van der Waals surface area contributed by atoms with Crippen LogP contribution in [0.4, 0.5) is 0 Å². The molecule has 3 rings (SSSR count). The first-order chi connectivity index (χ1) is 11.0. The number of hydrogen-bond acceptors (Lipinski definition) is 4. The molecule has 0 bridgehead atoms. The van der Waals surface area contributed by atoms with E-state index in [0.29, 0.717) is 22.8 Å². The van der Waals surface area contributed by atoms with Crippen molar-refractivity contribution < 1.29 is 0 Å². The lowest BCUT2D eigenvalue weighted by molar-refractivity contribution is 0.647. The molecule has 0 saturated carbocycles. The van der Waals surface area contributed by atoms with Crippen LogP contribution in [0.15, 0.2) is 46.2 Å². The molecule has 2 aromatic heterocycles. The fourth-order valence-electron chi connectivity index (χ4n) is 2.18. The molecule has 0 radical (unpaired) electrons. The SMILES string of the molecule is Cc1cn(Cc2cn(Cc3ccc(Cl)cc3)nn2)c(=O)[nH]c1=O. The van der Waals surface area contributed by atoms with Gasteiger partial charge in [0.2, 0.25) is 0 Å². The van der Waals surface area contributed by atoms with Crippen LogP contribution < -0.4 is 11.2 Å². The van der Waals surface area contributed by atoms with Gasteiger partial charge in [0.15, 0.2) is 0 Å². The largest absolute Gasteiger partial charge is 0.328 e. The van der Waals surface area contributed by atoms with E-state index in [4.69, 9.17) is 11.6 Å². The van der Waals surface area contributed by atoms with Gasteiger partial charge in [0.05, 0.1) is 19.3 Å². The molecule has 0 spiro atoms. The van der Waals surface area contributed by atoms with Crippen molar-refractivity contribution in [1.82, 2.24) is 24.5 Å². The standard InChI is InChI=1S/C15H14ClN5O2/c1-10-6-20(15(23)17-14(10)22)8-13-9-21(19-18-13)7-11-2-4-12(16)5-3-11/h2-6,9H,7-8H2,1H3,(H,17,22,23). The maximum absolute atomic E-state index is 11.8. The molecule has 0 saturated heterocycles. The van der Waals surface area contributed by atoms with E-state index in [1.54, 1.807) is 17.8 Å². The van der Waals surface area contributed by atoms with Crippen molar-refractivity contribution in [2.75, 3.05) is 0 Å². The lowest BCUT2D eigenvalue weighted by atomic mass is 10.2. The van der Waals surface area contributed by atoms with Gasteiger partial charge in [0.1, 0.15) is 5.69 Å². The summed E-state index contributed by atoms with van der Waals surface area (Å²) < 4.78 is 3.08. The number of benzene rings is 1. The summed E-state index contributed by atoms with van der Waals surface area (Å²) in [7, 11) is 0. The van der Waals surface area contributed by atoms with Crippen molar-refractivity contribution in [2.45, 2.75) is 20.0 Å². The minimum Gasteiger partial charge on any atom is -0.294 e. The van der Waals surface area contributed by atoms with Crippen LogP contribution in [0.3, 0.4) is 0 Å². The first kappa shape index (κ1) is 15.2. The molecule has 3 aromatic rings. The first-order valence-corrected chi connectivity index (χ1v) is 7.33. The summed E-state index contributed by atoms with van der Waals surface area (Å²) in [6, 6.07) is 7.47. The number of aromatic amines is 1. The summed E-state index contributed by atoms with van der Waals surface area (Å²) in [5.41, 5.74) is 1.30. The molecule has 7 nitrogen and oxygen atoms in total. The van der Waals surface area contributed by atoms with E-state index in [2.05, 4.69) is 15.3 Å². The number of H-pyrrole nitrogens is 1. The Morgan fingerprint density at radius 2 is 1.87 bits per heavy atom. The minimum absolute atomic E-state index is 0.247. The Balaban J connectivity index is 1.77. The van der Waals surface area contributed by atoms with Gasteiger partial charge in [0, 0.05) is 16.8 Å². The van der Waals surface area contributed by atoms with Gasteiger partial charge in [-0.1, -0.05) is 28.9 Å². The van der Waals surface area contributed by atoms with Crippen molar-refractivity contribution in [3.63, 3.8) is 0 Å². The minimum atomic E-state index is -0.465. The second-order valence-corrected chi connectivity index (χ2v) is 5.67. The summed E-state index contributed by atoms with van der Waals surface area (Å²) in [6.45, 7) is 2.45. The van der Waals surface area contributed by atoms with Crippen LogP contribution in [-0.4, -0.2) is 24.5 Å². The molecule has 118 valence electrons. The lowest BCUT2D eigenvalue weighted by Gasteiger charge is -2.03. The molecule has 8 heteroatoms. The van der Waals surface area contributed by atoms with Crippen molar-refractivity contribution in [2.24, 2.45) is 0 Å². The van der Waals surface area contributed by atoms with Gasteiger partial charge in [-0.15, -0.1) is 5.10 Å². The predicted octanol–water partition coefficient (Wildman–Crippen LogP) is 1.19. The quantitative estimate of drug-likeness (QED) is 0.778. The Morgan fingerprint density at radius 1 is 1.13 bits per heavy atom. The van der Waals surface area contributed by atoms with E-state index in [1.165, 1.54) is 10.8 Å². The number of rotatable bonds is 4. The molecule has 0 fully saturated rings. The van der Waals surface area contributed by atoms with Gasteiger partial charge in [-0.05, 0) is 24.6 Å². The molecule has 0 unspecified atom stereocenters. The third-order valence-corrected chi connectivity index (χ3v) is 3.62. The third kappa shape index (κ3) is 3.57. The zero-order chi connectivity index (χ0) is 16.4. The monoisotopic (exact) mass is 331 g/mol. The van der Waals surface area contributed by atoms with E-state index >= 15 is 0 Å². The fraction of sp³-hybridized carbons (Fsp3) is 0.200. The van der Waals surface area contributed by atoms with E-state index in [1.807, 2.05) is 24.3 Å². The van der Waals surface area contributed by atoms with Crippen molar-refractivity contribution >= 4 is 11.6 Å². The molecule has 0 atom stereocenters. The van der Waals surface area contributed by atoms with Crippen LogP contribution in [-0.2, 0) is 13.1 Å². The summed E-state index contributed by atoms with van der Waals surface area (Å²) >= 11 is 5.86. The Hall–Kier alpha value is -2.67. The average molecular weight is 332 g/mol. The number of nitrogens with one attached hydrogen (secondary N) is 1. The highest BCUT2D eigenvalue weighted by atomic mass is 35.5. The average Bonchev–Trinajstić information content (AvgIpc) is 2.94. The van der Waals surface area contributed by atoms with E-state index in [-0.39, 0.29) is 12.1 Å². The molecule has 2 heterocycles. The molecular weight excluding hydrogens is 318 g/mol. The molecule has 0 aliphatic heterocycles. The summed E-state index contributed by atoms with van der Waals surface area (Å²) in [4.78, 5) is 25.4. The third-order valence-electron chi connectivity index (χ3n) is 3.37. The number of aromatic nitrogens is 5. The van der Waals surface area contributed by atoms with E-state index in [9.17, 15) is 9.59 Å². The molecule has 1 aromatic carbocycles. The number of halogens is 1. The van der Waals surface area contributed by atoms with Crippen LogP contribution in [0.25, 0.3) is 0 Å². The molecular formula is C15H14ClN5O2. The van der Waals surface area contributed by atoms with E-state index in [0.717, 1.165) is 5.56 Å². The van der Waals surface area contributed by atoms with Gasteiger partial charge in [-0.2, -0.15) is 0 Å². The van der Waals surface area contributed by atoms with Crippen LogP contribution >= 0.6 is 11.6 Å². The second kappa shape index (κ2) is 6.21. The second-order valence-electron chi connectivity index (χ2n) is 5.23. The summed E-state index contributed by atoms with van der Waals surface area (Å²) in [6.07, 6.45) is 3.28.